The van der Waals surface area contributed by atoms with E-state index in [0.29, 0.717) is 0 Å². The Kier molecular flexibility index (Phi) is 3.42. The average Bonchev–Trinajstić information content (AvgIpc) is 3.10. The number of rotatable bonds is 5. The molecular formula is C14H20O. The zero-order valence-corrected chi connectivity index (χ0v) is 9.45. The fourth-order valence-electron chi connectivity index (χ4n) is 1.97. The topological polar surface area (TPSA) is 20.2 Å². The first kappa shape index (κ1) is 10.7. The van der Waals surface area contributed by atoms with Crippen molar-refractivity contribution in [2.24, 2.45) is 0 Å². The smallest absolute Gasteiger partial charge is 0.0790 e. The van der Waals surface area contributed by atoms with E-state index in [1.54, 1.807) is 0 Å². The van der Waals surface area contributed by atoms with Gasteiger partial charge in [0.25, 0.3) is 0 Å². The number of benzene rings is 1. The van der Waals surface area contributed by atoms with Gasteiger partial charge in [0.2, 0.25) is 0 Å². The van der Waals surface area contributed by atoms with Crippen LogP contribution in [0.1, 0.15) is 62.2 Å². The minimum Gasteiger partial charge on any atom is -0.388 e. The monoisotopic (exact) mass is 204 g/mol. The molecule has 0 spiro atoms. The Morgan fingerprint density at radius 1 is 1.27 bits per heavy atom. The summed E-state index contributed by atoms with van der Waals surface area (Å²) in [6.07, 6.45) is 5.57. The quantitative estimate of drug-likeness (QED) is 0.773. The number of hydrogen-bond acceptors (Lipinski definition) is 1. The van der Waals surface area contributed by atoms with Gasteiger partial charge in [-0.2, -0.15) is 0 Å². The predicted octanol–water partition coefficient (Wildman–Crippen LogP) is 3.79. The standard InChI is InChI=1S/C14H20O/c1-2-3-4-14(15)13-9-7-12(8-10-13)11-5-6-11/h7-11,14-15H,2-6H2,1H3. The van der Waals surface area contributed by atoms with Crippen LogP contribution in [0.4, 0.5) is 0 Å². The Bertz CT molecular complexity index is 298. The van der Waals surface area contributed by atoms with E-state index in [9.17, 15) is 5.11 Å². The van der Waals surface area contributed by atoms with Crippen LogP contribution in [-0.2, 0) is 0 Å². The molecule has 1 aromatic carbocycles. The van der Waals surface area contributed by atoms with Gasteiger partial charge < -0.3 is 5.11 Å². The highest BCUT2D eigenvalue weighted by Crippen LogP contribution is 2.40. The SMILES string of the molecule is CCCCC(O)c1ccc(C2CC2)cc1. The molecular weight excluding hydrogens is 184 g/mol. The maximum absolute atomic E-state index is 9.90. The second kappa shape index (κ2) is 4.80. The molecule has 1 N–H and O–H groups in total. The van der Waals surface area contributed by atoms with Gasteiger partial charge >= 0.3 is 0 Å². The van der Waals surface area contributed by atoms with E-state index in [-0.39, 0.29) is 6.10 Å². The first-order valence-corrected chi connectivity index (χ1v) is 6.09. The van der Waals surface area contributed by atoms with Crippen LogP contribution in [0.5, 0.6) is 0 Å². The molecule has 2 rings (SSSR count). The molecule has 0 aromatic heterocycles. The zero-order valence-electron chi connectivity index (χ0n) is 9.45. The molecule has 0 saturated heterocycles. The lowest BCUT2D eigenvalue weighted by molar-refractivity contribution is 0.164. The Morgan fingerprint density at radius 3 is 2.47 bits per heavy atom. The summed E-state index contributed by atoms with van der Waals surface area (Å²) in [5, 5.41) is 9.90. The molecule has 1 aliphatic rings. The molecule has 1 unspecified atom stereocenters. The van der Waals surface area contributed by atoms with Crippen LogP contribution in [0.25, 0.3) is 0 Å². The fourth-order valence-corrected chi connectivity index (χ4v) is 1.97. The largest absolute Gasteiger partial charge is 0.388 e. The van der Waals surface area contributed by atoms with Gasteiger partial charge in [0.15, 0.2) is 0 Å². The van der Waals surface area contributed by atoms with Crippen LogP contribution < -0.4 is 0 Å². The van der Waals surface area contributed by atoms with Gasteiger partial charge in [-0.1, -0.05) is 44.0 Å². The molecule has 1 heteroatoms. The van der Waals surface area contributed by atoms with Crippen LogP contribution in [-0.4, -0.2) is 5.11 Å². The van der Waals surface area contributed by atoms with E-state index in [0.717, 1.165) is 30.7 Å². The molecule has 1 aromatic rings. The second-order valence-electron chi connectivity index (χ2n) is 4.60. The van der Waals surface area contributed by atoms with E-state index in [2.05, 4.69) is 31.2 Å². The molecule has 1 aliphatic carbocycles. The summed E-state index contributed by atoms with van der Waals surface area (Å²) in [6.45, 7) is 2.16. The van der Waals surface area contributed by atoms with Crippen molar-refractivity contribution < 1.29 is 5.11 Å². The molecule has 0 bridgehead atoms. The van der Waals surface area contributed by atoms with E-state index >= 15 is 0 Å². The van der Waals surface area contributed by atoms with Crippen molar-refractivity contribution in [3.05, 3.63) is 35.4 Å². The van der Waals surface area contributed by atoms with Crippen LogP contribution in [0, 0.1) is 0 Å². The van der Waals surface area contributed by atoms with E-state index in [1.165, 1.54) is 18.4 Å². The molecule has 0 aliphatic heterocycles. The third-order valence-corrected chi connectivity index (χ3v) is 3.20. The summed E-state index contributed by atoms with van der Waals surface area (Å²) >= 11 is 0. The Morgan fingerprint density at radius 2 is 1.93 bits per heavy atom. The van der Waals surface area contributed by atoms with Crippen molar-refractivity contribution in [2.75, 3.05) is 0 Å². The minimum absolute atomic E-state index is 0.266. The third kappa shape index (κ3) is 2.82. The van der Waals surface area contributed by atoms with Gasteiger partial charge in [-0.15, -0.1) is 0 Å². The van der Waals surface area contributed by atoms with Crippen LogP contribution >= 0.6 is 0 Å². The maximum Gasteiger partial charge on any atom is 0.0790 e. The molecule has 1 nitrogen and oxygen atoms in total. The van der Waals surface area contributed by atoms with Crippen molar-refractivity contribution >= 4 is 0 Å². The highest BCUT2D eigenvalue weighted by Gasteiger charge is 2.23. The minimum atomic E-state index is -0.266. The molecule has 0 radical (unpaired) electrons. The molecule has 0 heterocycles. The van der Waals surface area contributed by atoms with E-state index < -0.39 is 0 Å². The third-order valence-electron chi connectivity index (χ3n) is 3.20. The Balaban J connectivity index is 1.95. The zero-order chi connectivity index (χ0) is 10.7. The van der Waals surface area contributed by atoms with Crippen LogP contribution in [0.2, 0.25) is 0 Å². The first-order valence-electron chi connectivity index (χ1n) is 6.09. The second-order valence-corrected chi connectivity index (χ2v) is 4.60. The Labute approximate surface area is 92.1 Å². The number of aliphatic hydroxyl groups is 1. The van der Waals surface area contributed by atoms with E-state index in [4.69, 9.17) is 0 Å². The first-order chi connectivity index (χ1) is 7.31. The summed E-state index contributed by atoms with van der Waals surface area (Å²) < 4.78 is 0. The van der Waals surface area contributed by atoms with Crippen molar-refractivity contribution in [3.63, 3.8) is 0 Å². The summed E-state index contributed by atoms with van der Waals surface area (Å²) in [5.74, 6) is 0.812. The molecule has 1 fully saturated rings. The maximum atomic E-state index is 9.90. The summed E-state index contributed by atoms with van der Waals surface area (Å²) in [4.78, 5) is 0. The van der Waals surface area contributed by atoms with Crippen molar-refractivity contribution in [1.82, 2.24) is 0 Å². The highest BCUT2D eigenvalue weighted by molar-refractivity contribution is 5.29. The molecule has 0 amide bonds. The fraction of sp³-hybridized carbons (Fsp3) is 0.571. The summed E-state index contributed by atoms with van der Waals surface area (Å²) in [7, 11) is 0. The van der Waals surface area contributed by atoms with Crippen molar-refractivity contribution in [1.29, 1.82) is 0 Å². The number of hydrogen-bond donors (Lipinski definition) is 1. The van der Waals surface area contributed by atoms with Crippen LogP contribution in [0.15, 0.2) is 24.3 Å². The van der Waals surface area contributed by atoms with E-state index in [1.807, 2.05) is 0 Å². The molecule has 1 saturated carbocycles. The number of aliphatic hydroxyl groups excluding tert-OH is 1. The van der Waals surface area contributed by atoms with Crippen molar-refractivity contribution in [3.8, 4) is 0 Å². The van der Waals surface area contributed by atoms with Gasteiger partial charge in [0.05, 0.1) is 6.10 Å². The predicted molar refractivity (Wildman–Crippen MR) is 62.9 cm³/mol. The van der Waals surface area contributed by atoms with Gasteiger partial charge in [0, 0.05) is 0 Å². The lowest BCUT2D eigenvalue weighted by Crippen LogP contribution is -1.97. The normalized spacial score (nSPS) is 17.7. The molecule has 15 heavy (non-hydrogen) atoms. The number of unbranched alkanes of at least 4 members (excludes halogenated alkanes) is 1. The Hall–Kier alpha value is -0.820. The lowest BCUT2D eigenvalue weighted by atomic mass is 10.0. The van der Waals surface area contributed by atoms with Gasteiger partial charge in [-0.25, -0.2) is 0 Å². The average molecular weight is 204 g/mol. The van der Waals surface area contributed by atoms with Crippen molar-refractivity contribution in [2.45, 2.75) is 51.0 Å². The highest BCUT2D eigenvalue weighted by atomic mass is 16.3. The summed E-state index contributed by atoms with van der Waals surface area (Å²) in [6, 6.07) is 8.55. The molecule has 82 valence electrons. The van der Waals surface area contributed by atoms with Crippen LogP contribution in [0.3, 0.4) is 0 Å². The van der Waals surface area contributed by atoms with Gasteiger partial charge in [0.1, 0.15) is 0 Å². The lowest BCUT2D eigenvalue weighted by Gasteiger charge is -2.10. The van der Waals surface area contributed by atoms with Gasteiger partial charge in [-0.3, -0.25) is 0 Å². The van der Waals surface area contributed by atoms with Gasteiger partial charge in [-0.05, 0) is 36.3 Å². The molecule has 1 atom stereocenters. The summed E-state index contributed by atoms with van der Waals surface area (Å²) in [5.41, 5.74) is 2.52.